The molecule has 1 aromatic rings. The average molecular weight is 320 g/mol. The molecule has 0 radical (unpaired) electrons. The molecule has 0 spiro atoms. The zero-order valence-corrected chi connectivity index (χ0v) is 13.5. The molecule has 0 saturated heterocycles. The van der Waals surface area contributed by atoms with Gasteiger partial charge in [-0.3, -0.25) is 0 Å². The molecule has 0 amide bonds. The fourth-order valence-corrected chi connectivity index (χ4v) is 2.48. The van der Waals surface area contributed by atoms with E-state index in [-0.39, 0.29) is 12.5 Å². The van der Waals surface area contributed by atoms with E-state index in [2.05, 4.69) is 22.2 Å². The van der Waals surface area contributed by atoms with Crippen LogP contribution >= 0.6 is 11.6 Å². The van der Waals surface area contributed by atoms with Gasteiger partial charge in [0.2, 0.25) is 6.43 Å². The van der Waals surface area contributed by atoms with E-state index in [4.69, 9.17) is 11.6 Å². The summed E-state index contributed by atoms with van der Waals surface area (Å²) in [4.78, 5) is 8.33. The van der Waals surface area contributed by atoms with Gasteiger partial charge < -0.3 is 5.32 Å². The Balaban J connectivity index is 2.43. The molecule has 3 nitrogen and oxygen atoms in total. The summed E-state index contributed by atoms with van der Waals surface area (Å²) in [5.74, 6) is 0.669. The van der Waals surface area contributed by atoms with Gasteiger partial charge in [0.1, 0.15) is 17.2 Å². The maximum absolute atomic E-state index is 12.0. The topological polar surface area (TPSA) is 37.8 Å². The highest BCUT2D eigenvalue weighted by Gasteiger charge is 2.12. The third-order valence-corrected chi connectivity index (χ3v) is 3.90. The molecule has 0 aliphatic rings. The summed E-state index contributed by atoms with van der Waals surface area (Å²) in [5, 5.41) is 3.92. The first kappa shape index (κ1) is 18.1. The second kappa shape index (κ2) is 9.87. The molecular formula is C15H24ClF2N3. The number of unbranched alkanes of at least 4 members (excludes halogenated alkanes) is 2. The fourth-order valence-electron chi connectivity index (χ4n) is 2.19. The van der Waals surface area contributed by atoms with Crippen molar-refractivity contribution in [1.29, 1.82) is 0 Å². The van der Waals surface area contributed by atoms with Gasteiger partial charge in [0.05, 0.1) is 5.69 Å². The second-order valence-electron chi connectivity index (χ2n) is 5.12. The maximum atomic E-state index is 12.0. The van der Waals surface area contributed by atoms with Crippen LogP contribution in [0.25, 0.3) is 0 Å². The number of hydrogen-bond donors (Lipinski definition) is 1. The van der Waals surface area contributed by atoms with Gasteiger partial charge in [-0.15, -0.1) is 0 Å². The minimum atomic E-state index is -2.18. The number of hydrogen-bond acceptors (Lipinski definition) is 3. The number of rotatable bonds is 10. The SMILES string of the molecule is CCc1ncnc(NC(CC)CCCCCC(F)F)c1Cl. The number of nitrogens with one attached hydrogen (secondary N) is 1. The van der Waals surface area contributed by atoms with E-state index in [1.807, 2.05) is 6.92 Å². The Labute approximate surface area is 130 Å². The third-order valence-electron chi connectivity index (χ3n) is 3.51. The Morgan fingerprint density at radius 1 is 1.14 bits per heavy atom. The van der Waals surface area contributed by atoms with Crippen LogP contribution in [0.1, 0.15) is 58.1 Å². The van der Waals surface area contributed by atoms with Crippen LogP contribution in [0.3, 0.4) is 0 Å². The van der Waals surface area contributed by atoms with Crippen molar-refractivity contribution in [2.75, 3.05) is 5.32 Å². The average Bonchev–Trinajstić information content (AvgIpc) is 2.47. The lowest BCUT2D eigenvalue weighted by Gasteiger charge is -2.18. The van der Waals surface area contributed by atoms with Crippen molar-refractivity contribution in [3.8, 4) is 0 Å². The summed E-state index contributed by atoms with van der Waals surface area (Å²) in [6.07, 6.45) is 4.32. The summed E-state index contributed by atoms with van der Waals surface area (Å²) in [6, 6.07) is 0.258. The molecular weight excluding hydrogens is 296 g/mol. The van der Waals surface area contributed by atoms with E-state index in [1.165, 1.54) is 6.33 Å². The molecule has 0 fully saturated rings. The molecule has 6 heteroatoms. The molecule has 0 aromatic carbocycles. The van der Waals surface area contributed by atoms with Crippen molar-refractivity contribution in [1.82, 2.24) is 9.97 Å². The Hall–Kier alpha value is -0.970. The van der Waals surface area contributed by atoms with Crippen molar-refractivity contribution in [3.05, 3.63) is 17.0 Å². The standard InChI is InChI=1S/C15H24ClF2N3/c1-3-11(8-6-5-7-9-13(17)18)21-15-14(16)12(4-2)19-10-20-15/h10-11,13H,3-9H2,1-2H3,(H,19,20,21). The van der Waals surface area contributed by atoms with E-state index in [0.29, 0.717) is 17.3 Å². The molecule has 21 heavy (non-hydrogen) atoms. The molecule has 1 aromatic heterocycles. The van der Waals surface area contributed by atoms with Crippen LogP contribution < -0.4 is 5.32 Å². The summed E-state index contributed by atoms with van der Waals surface area (Å²) >= 11 is 6.26. The van der Waals surface area contributed by atoms with Crippen molar-refractivity contribution < 1.29 is 8.78 Å². The van der Waals surface area contributed by atoms with E-state index in [1.54, 1.807) is 0 Å². The quantitative estimate of drug-likeness (QED) is 0.610. The molecule has 0 aliphatic carbocycles. The first-order valence-electron chi connectivity index (χ1n) is 7.62. The lowest BCUT2D eigenvalue weighted by atomic mass is 10.1. The number of alkyl halides is 2. The van der Waals surface area contributed by atoms with E-state index in [0.717, 1.165) is 37.8 Å². The summed E-state index contributed by atoms with van der Waals surface area (Å²) in [6.45, 7) is 4.09. The van der Waals surface area contributed by atoms with Gasteiger partial charge >= 0.3 is 0 Å². The second-order valence-corrected chi connectivity index (χ2v) is 5.49. The monoisotopic (exact) mass is 319 g/mol. The Kier molecular flexibility index (Phi) is 8.50. The summed E-state index contributed by atoms with van der Waals surface area (Å²) in [5.41, 5.74) is 0.834. The van der Waals surface area contributed by atoms with Gasteiger partial charge in [-0.2, -0.15) is 0 Å². The molecule has 0 aliphatic heterocycles. The zero-order valence-electron chi connectivity index (χ0n) is 12.7. The van der Waals surface area contributed by atoms with Crippen LogP contribution in [-0.2, 0) is 6.42 Å². The number of aromatic nitrogens is 2. The van der Waals surface area contributed by atoms with Crippen LogP contribution in [0.4, 0.5) is 14.6 Å². The van der Waals surface area contributed by atoms with E-state index < -0.39 is 6.43 Å². The van der Waals surface area contributed by atoms with E-state index in [9.17, 15) is 8.78 Å². The molecule has 0 bridgehead atoms. The minimum Gasteiger partial charge on any atom is -0.366 e. The third kappa shape index (κ3) is 6.55. The highest BCUT2D eigenvalue weighted by Crippen LogP contribution is 2.24. The number of anilines is 1. The van der Waals surface area contributed by atoms with E-state index >= 15 is 0 Å². The lowest BCUT2D eigenvalue weighted by Crippen LogP contribution is -2.19. The van der Waals surface area contributed by atoms with Crippen LogP contribution in [0, 0.1) is 0 Å². The van der Waals surface area contributed by atoms with Gasteiger partial charge in [0, 0.05) is 12.5 Å². The maximum Gasteiger partial charge on any atom is 0.238 e. The molecule has 0 saturated carbocycles. The normalized spacial score (nSPS) is 12.7. The van der Waals surface area contributed by atoms with Gasteiger partial charge in [-0.25, -0.2) is 18.7 Å². The fraction of sp³-hybridized carbons (Fsp3) is 0.733. The minimum absolute atomic E-state index is 0.00180. The van der Waals surface area contributed by atoms with Crippen LogP contribution in [-0.4, -0.2) is 22.4 Å². The molecule has 120 valence electrons. The Morgan fingerprint density at radius 3 is 2.48 bits per heavy atom. The smallest absolute Gasteiger partial charge is 0.238 e. The summed E-state index contributed by atoms with van der Waals surface area (Å²) in [7, 11) is 0. The first-order chi connectivity index (χ1) is 10.1. The lowest BCUT2D eigenvalue weighted by molar-refractivity contribution is 0.133. The zero-order chi connectivity index (χ0) is 15.7. The molecule has 1 heterocycles. The first-order valence-corrected chi connectivity index (χ1v) is 8.00. The van der Waals surface area contributed by atoms with Gasteiger partial charge in [-0.1, -0.05) is 38.3 Å². The van der Waals surface area contributed by atoms with Crippen LogP contribution in [0.15, 0.2) is 6.33 Å². The number of nitrogens with zero attached hydrogens (tertiary/aromatic N) is 2. The van der Waals surface area contributed by atoms with Crippen LogP contribution in [0.2, 0.25) is 5.02 Å². The Bertz CT molecular complexity index is 416. The largest absolute Gasteiger partial charge is 0.366 e. The number of halogens is 3. The predicted molar refractivity (Wildman–Crippen MR) is 83.2 cm³/mol. The highest BCUT2D eigenvalue weighted by molar-refractivity contribution is 6.33. The Morgan fingerprint density at radius 2 is 1.86 bits per heavy atom. The molecule has 1 atom stereocenters. The van der Waals surface area contributed by atoms with Crippen molar-refractivity contribution in [2.24, 2.45) is 0 Å². The highest BCUT2D eigenvalue weighted by atomic mass is 35.5. The van der Waals surface area contributed by atoms with Crippen molar-refractivity contribution in [2.45, 2.75) is 71.3 Å². The number of aryl methyl sites for hydroxylation is 1. The van der Waals surface area contributed by atoms with Crippen molar-refractivity contribution in [3.63, 3.8) is 0 Å². The van der Waals surface area contributed by atoms with Gasteiger partial charge in [-0.05, 0) is 25.7 Å². The van der Waals surface area contributed by atoms with Crippen molar-refractivity contribution >= 4 is 17.4 Å². The predicted octanol–water partition coefficient (Wildman–Crippen LogP) is 5.10. The van der Waals surface area contributed by atoms with Crippen LogP contribution in [0.5, 0.6) is 0 Å². The van der Waals surface area contributed by atoms with Gasteiger partial charge in [0.25, 0.3) is 0 Å². The molecule has 1 N–H and O–H groups in total. The molecule has 1 unspecified atom stereocenters. The summed E-state index contributed by atoms with van der Waals surface area (Å²) < 4.78 is 24.1. The molecule has 1 rings (SSSR count). The van der Waals surface area contributed by atoms with Gasteiger partial charge in [0.15, 0.2) is 0 Å².